The Morgan fingerprint density at radius 3 is 2.15 bits per heavy atom. The molecule has 0 saturated carbocycles. The number of rotatable bonds is 3. The number of benzene rings is 1. The van der Waals surface area contributed by atoms with Crippen molar-refractivity contribution in [2.75, 3.05) is 7.11 Å². The van der Waals surface area contributed by atoms with E-state index in [1.54, 1.807) is 0 Å². The van der Waals surface area contributed by atoms with Crippen molar-refractivity contribution in [1.82, 2.24) is 0 Å². The molecule has 0 aliphatic carbocycles. The van der Waals surface area contributed by atoms with E-state index < -0.39 is 31.3 Å². The van der Waals surface area contributed by atoms with Gasteiger partial charge in [-0.3, -0.25) is 7.25 Å². The smallest absolute Gasteiger partial charge is 0.270 e. The molecule has 0 aliphatic heterocycles. The van der Waals surface area contributed by atoms with Crippen LogP contribution < -0.4 is 0 Å². The van der Waals surface area contributed by atoms with Crippen molar-refractivity contribution in [2.45, 2.75) is 4.90 Å². The fourth-order valence-corrected chi connectivity index (χ4v) is 2.06. The maximum Gasteiger partial charge on any atom is 0.296 e. The van der Waals surface area contributed by atoms with Crippen LogP contribution in [0, 0.1) is 3.57 Å². The van der Waals surface area contributed by atoms with Crippen molar-refractivity contribution in [3.63, 3.8) is 0 Å². The maximum atomic E-state index is 11.1. The quantitative estimate of drug-likeness (QED) is 0.627. The zero-order valence-electron chi connectivity index (χ0n) is 6.73. The van der Waals surface area contributed by atoms with Gasteiger partial charge in [0, 0.05) is 3.57 Å². The van der Waals surface area contributed by atoms with Crippen LogP contribution >= 0.6 is 21.2 Å². The summed E-state index contributed by atoms with van der Waals surface area (Å²) in [4.78, 5) is 0.0798. The van der Waals surface area contributed by atoms with E-state index in [-0.39, 0.29) is 4.90 Å². The van der Waals surface area contributed by atoms with Crippen LogP contribution in [0.2, 0.25) is 0 Å². The Bertz CT molecular complexity index is 395. The second-order valence-corrected chi connectivity index (χ2v) is 5.55. The van der Waals surface area contributed by atoms with E-state index in [1.165, 1.54) is 24.3 Å². The first-order valence-electron chi connectivity index (χ1n) is 3.28. The van der Waals surface area contributed by atoms with Gasteiger partial charge in [0.1, 0.15) is 0 Å². The molecule has 0 amide bonds. The molecule has 0 heterocycles. The summed E-state index contributed by atoms with van der Waals surface area (Å²) in [6.07, 6.45) is 0. The summed E-state index contributed by atoms with van der Waals surface area (Å²) in [5.41, 5.74) is 0. The first-order valence-corrected chi connectivity index (χ1v) is 6.64. The van der Waals surface area contributed by atoms with Crippen molar-refractivity contribution in [3.8, 4) is 0 Å². The summed E-state index contributed by atoms with van der Waals surface area (Å²) in [7, 11) is -2.51. The molecule has 4 nitrogen and oxygen atoms in total. The zero-order valence-corrected chi connectivity index (χ0v) is 9.70. The standard InChI is InChI=1S/C7H7IO4S/c1-12-13(10,11)7-4-2-6(8-9)3-5-7/h2-5H,1H3. The van der Waals surface area contributed by atoms with Crippen LogP contribution in [0.1, 0.15) is 0 Å². The molecule has 1 aromatic carbocycles. The highest BCUT2D eigenvalue weighted by Crippen LogP contribution is 2.15. The Hall–Kier alpha value is -0.340. The van der Waals surface area contributed by atoms with E-state index in [1.807, 2.05) is 0 Å². The molecule has 0 atom stereocenters. The highest BCUT2D eigenvalue weighted by molar-refractivity contribution is 14.1. The molecular formula is C7H7IO4S. The molecule has 0 fully saturated rings. The molecule has 0 saturated heterocycles. The fourth-order valence-electron chi connectivity index (χ4n) is 0.749. The molecule has 0 N–H and O–H groups in total. The second-order valence-electron chi connectivity index (χ2n) is 2.15. The predicted molar refractivity (Wildman–Crippen MR) is 54.0 cm³/mol. The molecule has 6 heteroatoms. The Labute approximate surface area is 86.7 Å². The van der Waals surface area contributed by atoms with Crippen LogP contribution in [0.25, 0.3) is 0 Å². The Morgan fingerprint density at radius 2 is 1.77 bits per heavy atom. The van der Waals surface area contributed by atoms with Gasteiger partial charge in [0.15, 0.2) is 21.2 Å². The lowest BCUT2D eigenvalue weighted by molar-refractivity contribution is 0.398. The third-order valence-electron chi connectivity index (χ3n) is 1.41. The van der Waals surface area contributed by atoms with Gasteiger partial charge in [0.2, 0.25) is 0 Å². The van der Waals surface area contributed by atoms with E-state index in [2.05, 4.69) is 4.18 Å². The summed E-state index contributed by atoms with van der Waals surface area (Å²) in [5, 5.41) is 0. The highest BCUT2D eigenvalue weighted by atomic mass is 127. The lowest BCUT2D eigenvalue weighted by Gasteiger charge is -1.99. The summed E-state index contributed by atoms with van der Waals surface area (Å²) in [5.74, 6) is 0. The minimum absolute atomic E-state index is 0.0798. The largest absolute Gasteiger partial charge is 0.296 e. The minimum Gasteiger partial charge on any atom is -0.270 e. The van der Waals surface area contributed by atoms with E-state index in [0.717, 1.165) is 7.11 Å². The Kier molecular flexibility index (Phi) is 3.51. The average Bonchev–Trinajstić information content (AvgIpc) is 2.18. The van der Waals surface area contributed by atoms with Crippen molar-refractivity contribution >= 4 is 31.3 Å². The SMILES string of the molecule is COS(=O)(=O)c1ccc(I=O)cc1. The van der Waals surface area contributed by atoms with E-state index in [9.17, 15) is 11.5 Å². The molecule has 0 bridgehead atoms. The molecule has 0 aromatic heterocycles. The monoisotopic (exact) mass is 314 g/mol. The summed E-state index contributed by atoms with van der Waals surface area (Å²) >= 11 is -1.23. The van der Waals surface area contributed by atoms with Gasteiger partial charge in [-0.2, -0.15) is 8.42 Å². The normalized spacial score (nSPS) is 11.5. The predicted octanol–water partition coefficient (Wildman–Crippen LogP) is 1.51. The first kappa shape index (κ1) is 10.7. The number of hydrogen-bond acceptors (Lipinski definition) is 4. The lowest BCUT2D eigenvalue weighted by Crippen LogP contribution is -2.02. The summed E-state index contributed by atoms with van der Waals surface area (Å²) in [6.45, 7) is 0. The minimum atomic E-state index is -3.61. The third-order valence-corrected chi connectivity index (χ3v) is 3.93. The van der Waals surface area contributed by atoms with Crippen molar-refractivity contribution < 1.29 is 15.7 Å². The number of hydrogen-bond donors (Lipinski definition) is 0. The van der Waals surface area contributed by atoms with E-state index in [4.69, 9.17) is 0 Å². The summed E-state index contributed by atoms with van der Waals surface area (Å²) in [6, 6.07) is 5.80. The average molecular weight is 314 g/mol. The first-order chi connectivity index (χ1) is 6.10. The highest BCUT2D eigenvalue weighted by Gasteiger charge is 2.11. The van der Waals surface area contributed by atoms with Crippen molar-refractivity contribution in [2.24, 2.45) is 0 Å². The molecular weight excluding hydrogens is 307 g/mol. The van der Waals surface area contributed by atoms with E-state index in [0.29, 0.717) is 3.57 Å². The van der Waals surface area contributed by atoms with Crippen LogP contribution in [-0.4, -0.2) is 15.5 Å². The van der Waals surface area contributed by atoms with Crippen LogP contribution in [-0.2, 0) is 17.4 Å². The summed E-state index contributed by atoms with van der Waals surface area (Å²) < 4.78 is 37.7. The Balaban J connectivity index is 3.13. The van der Waals surface area contributed by atoms with E-state index >= 15 is 0 Å². The van der Waals surface area contributed by atoms with Crippen molar-refractivity contribution in [1.29, 1.82) is 0 Å². The van der Waals surface area contributed by atoms with Crippen molar-refractivity contribution in [3.05, 3.63) is 27.8 Å². The van der Waals surface area contributed by atoms with Gasteiger partial charge in [-0.05, 0) is 24.3 Å². The zero-order chi connectivity index (χ0) is 9.90. The number of halogens is 1. The van der Waals surface area contributed by atoms with Gasteiger partial charge in [0.05, 0.1) is 12.0 Å². The molecule has 1 rings (SSSR count). The second kappa shape index (κ2) is 4.25. The van der Waals surface area contributed by atoms with Gasteiger partial charge in [-0.1, -0.05) is 0 Å². The maximum absolute atomic E-state index is 11.1. The van der Waals surface area contributed by atoms with Crippen LogP contribution in [0.5, 0.6) is 0 Å². The molecule has 72 valence electrons. The van der Waals surface area contributed by atoms with Gasteiger partial charge < -0.3 is 0 Å². The van der Waals surface area contributed by atoms with Gasteiger partial charge in [-0.25, -0.2) is 0 Å². The molecule has 0 radical (unpaired) electrons. The Morgan fingerprint density at radius 1 is 1.23 bits per heavy atom. The third kappa shape index (κ3) is 2.55. The topological polar surface area (TPSA) is 60.4 Å². The van der Waals surface area contributed by atoms with Crippen LogP contribution in [0.3, 0.4) is 0 Å². The fraction of sp³-hybridized carbons (Fsp3) is 0.143. The molecule has 0 spiro atoms. The van der Waals surface area contributed by atoms with Gasteiger partial charge >= 0.3 is 0 Å². The van der Waals surface area contributed by atoms with Gasteiger partial charge in [-0.15, -0.1) is 0 Å². The lowest BCUT2D eigenvalue weighted by atomic mass is 10.4. The molecule has 0 unspecified atom stereocenters. The van der Waals surface area contributed by atoms with Crippen LogP contribution in [0.15, 0.2) is 29.2 Å². The van der Waals surface area contributed by atoms with Gasteiger partial charge in [0.25, 0.3) is 10.1 Å². The molecule has 0 aliphatic rings. The molecule has 1 aromatic rings. The molecule has 13 heavy (non-hydrogen) atoms. The van der Waals surface area contributed by atoms with Crippen LogP contribution in [0.4, 0.5) is 0 Å².